The normalized spacial score (nSPS) is 11.8. The molecule has 10 nitrogen and oxygen atoms in total. The number of ether oxygens (including phenoxy) is 2. The minimum Gasteiger partial charge on any atom is -0.493 e. The summed E-state index contributed by atoms with van der Waals surface area (Å²) in [5.41, 5.74) is 1.54. The van der Waals surface area contributed by atoms with Crippen molar-refractivity contribution in [3.63, 3.8) is 0 Å². The topological polar surface area (TPSA) is 132 Å². The van der Waals surface area contributed by atoms with Gasteiger partial charge in [-0.05, 0) is 67.4 Å². The molecule has 1 heterocycles. The summed E-state index contributed by atoms with van der Waals surface area (Å²) in [6.45, 7) is 3.75. The van der Waals surface area contributed by atoms with E-state index in [0.29, 0.717) is 39.9 Å². The van der Waals surface area contributed by atoms with E-state index in [2.05, 4.69) is 26.1 Å². The molecule has 0 saturated carbocycles. The predicted octanol–water partition coefficient (Wildman–Crippen LogP) is 5.78. The van der Waals surface area contributed by atoms with Gasteiger partial charge in [0.1, 0.15) is 10.7 Å². The fraction of sp³-hybridized carbons (Fsp3) is 0.194. The summed E-state index contributed by atoms with van der Waals surface area (Å²) >= 11 is 2.68. The van der Waals surface area contributed by atoms with Crippen LogP contribution < -0.4 is 25.4 Å². The van der Waals surface area contributed by atoms with Crippen molar-refractivity contribution < 1.29 is 23.9 Å². The highest BCUT2D eigenvalue weighted by Gasteiger charge is 2.20. The number of hydrogen-bond donors (Lipinski definition) is 3. The zero-order valence-corrected chi connectivity index (χ0v) is 25.7. The molecule has 0 saturated heterocycles. The lowest BCUT2D eigenvalue weighted by Gasteiger charge is -2.15. The molecule has 1 unspecified atom stereocenters. The summed E-state index contributed by atoms with van der Waals surface area (Å²) in [5, 5.41) is 17.1. The first-order chi connectivity index (χ1) is 20.8. The summed E-state index contributed by atoms with van der Waals surface area (Å²) in [7, 11) is 3.05. The first kappa shape index (κ1) is 31.3. The Morgan fingerprint density at radius 3 is 2.37 bits per heavy atom. The largest absolute Gasteiger partial charge is 0.493 e. The number of benzene rings is 3. The summed E-state index contributed by atoms with van der Waals surface area (Å²) in [5.74, 6) is -0.134. The molecular formula is C31H31N5O5S2. The maximum atomic E-state index is 13.5. The van der Waals surface area contributed by atoms with Gasteiger partial charge >= 0.3 is 0 Å². The smallest absolute Gasteiger partial charge is 0.272 e. The number of aryl methyl sites for hydroxylation is 1. The van der Waals surface area contributed by atoms with Crippen LogP contribution in [0.3, 0.4) is 0 Å². The molecule has 0 spiro atoms. The Morgan fingerprint density at radius 1 is 0.930 bits per heavy atom. The molecule has 4 rings (SSSR count). The molecule has 0 bridgehead atoms. The lowest BCUT2D eigenvalue weighted by atomic mass is 10.1. The predicted molar refractivity (Wildman–Crippen MR) is 170 cm³/mol. The third-order valence-corrected chi connectivity index (χ3v) is 8.15. The maximum absolute atomic E-state index is 13.5. The van der Waals surface area contributed by atoms with Crippen molar-refractivity contribution in [2.24, 2.45) is 0 Å². The molecule has 1 atom stereocenters. The molecule has 3 aromatic carbocycles. The third-order valence-electron chi connectivity index (χ3n) is 6.04. The van der Waals surface area contributed by atoms with E-state index in [1.54, 1.807) is 72.8 Å². The monoisotopic (exact) mass is 617 g/mol. The van der Waals surface area contributed by atoms with Gasteiger partial charge in [0.2, 0.25) is 11.0 Å². The van der Waals surface area contributed by atoms with Gasteiger partial charge in [-0.15, -0.1) is 22.0 Å². The van der Waals surface area contributed by atoms with Crippen LogP contribution in [0.4, 0.5) is 10.8 Å². The highest BCUT2D eigenvalue weighted by Crippen LogP contribution is 2.30. The second kappa shape index (κ2) is 15.0. The zero-order valence-electron chi connectivity index (χ0n) is 24.0. The van der Waals surface area contributed by atoms with Crippen molar-refractivity contribution in [1.29, 1.82) is 0 Å². The fourth-order valence-electron chi connectivity index (χ4n) is 3.92. The molecule has 12 heteroatoms. The second-order valence-electron chi connectivity index (χ2n) is 9.10. The van der Waals surface area contributed by atoms with Gasteiger partial charge in [0.15, 0.2) is 11.5 Å². The molecule has 4 aromatic rings. The van der Waals surface area contributed by atoms with E-state index in [1.807, 2.05) is 19.9 Å². The van der Waals surface area contributed by atoms with Crippen molar-refractivity contribution in [2.45, 2.75) is 30.4 Å². The van der Waals surface area contributed by atoms with Crippen molar-refractivity contribution in [3.8, 4) is 11.5 Å². The Hall–Kier alpha value is -4.68. The first-order valence-corrected chi connectivity index (χ1v) is 15.0. The Kier molecular flexibility index (Phi) is 10.9. The standard InChI is InChI=1S/C31H31N5O5S2/c1-5-27(30(39)34-31-36-35-19(2)42-31)43-23-13-9-12-22(18-23)32-29(38)24(33-28(37)21-10-7-6-8-11-21)16-20-14-15-25(40-3)26(17-20)41-4/h6-18,27H,5H2,1-4H3,(H,32,38)(H,33,37)(H,34,36,39)/b24-16+. The van der Waals surface area contributed by atoms with Crippen molar-refractivity contribution in [3.05, 3.63) is 94.6 Å². The van der Waals surface area contributed by atoms with Gasteiger partial charge < -0.3 is 20.1 Å². The lowest BCUT2D eigenvalue weighted by Crippen LogP contribution is -2.30. The number of carbonyl (C=O) groups excluding carboxylic acids is 3. The Balaban J connectivity index is 1.54. The van der Waals surface area contributed by atoms with E-state index in [9.17, 15) is 14.4 Å². The molecule has 43 heavy (non-hydrogen) atoms. The highest BCUT2D eigenvalue weighted by atomic mass is 32.2. The Morgan fingerprint density at radius 2 is 1.70 bits per heavy atom. The molecule has 0 aliphatic rings. The molecule has 0 aliphatic heterocycles. The summed E-state index contributed by atoms with van der Waals surface area (Å²) in [6.07, 6.45) is 2.14. The second-order valence-corrected chi connectivity index (χ2v) is 11.6. The lowest BCUT2D eigenvalue weighted by molar-refractivity contribution is -0.116. The zero-order chi connectivity index (χ0) is 30.8. The van der Waals surface area contributed by atoms with E-state index in [-0.39, 0.29) is 16.9 Å². The fourth-order valence-corrected chi connectivity index (χ4v) is 5.52. The van der Waals surface area contributed by atoms with E-state index in [0.717, 1.165) is 9.90 Å². The van der Waals surface area contributed by atoms with Crippen LogP contribution in [0.1, 0.15) is 34.3 Å². The molecule has 0 radical (unpaired) electrons. The number of nitrogens with zero attached hydrogens (tertiary/aromatic N) is 2. The van der Waals surface area contributed by atoms with Crippen molar-refractivity contribution in [1.82, 2.24) is 15.5 Å². The van der Waals surface area contributed by atoms with Crippen LogP contribution in [0.2, 0.25) is 0 Å². The quantitative estimate of drug-likeness (QED) is 0.135. The van der Waals surface area contributed by atoms with Gasteiger partial charge in [-0.1, -0.05) is 48.6 Å². The first-order valence-electron chi connectivity index (χ1n) is 13.3. The van der Waals surface area contributed by atoms with Gasteiger partial charge in [0, 0.05) is 16.1 Å². The summed E-state index contributed by atoms with van der Waals surface area (Å²) < 4.78 is 10.7. The van der Waals surface area contributed by atoms with E-state index >= 15 is 0 Å². The SMILES string of the molecule is CCC(Sc1cccc(NC(=O)/C(=C\c2ccc(OC)c(OC)c2)NC(=O)c2ccccc2)c1)C(=O)Nc1nnc(C)s1. The Labute approximate surface area is 257 Å². The number of hydrogen-bond acceptors (Lipinski definition) is 9. The van der Waals surface area contributed by atoms with E-state index in [1.165, 1.54) is 37.3 Å². The van der Waals surface area contributed by atoms with E-state index < -0.39 is 11.8 Å². The molecule has 1 aromatic heterocycles. The number of aromatic nitrogens is 2. The molecule has 222 valence electrons. The van der Waals surface area contributed by atoms with Crippen molar-refractivity contribution in [2.75, 3.05) is 24.9 Å². The van der Waals surface area contributed by atoms with Crippen LogP contribution in [-0.2, 0) is 9.59 Å². The minimum absolute atomic E-state index is 0.0253. The molecule has 0 aliphatic carbocycles. The number of thioether (sulfide) groups is 1. The van der Waals surface area contributed by atoms with E-state index in [4.69, 9.17) is 9.47 Å². The number of anilines is 2. The van der Waals surface area contributed by atoms with Crippen LogP contribution in [-0.4, -0.2) is 47.4 Å². The average molecular weight is 618 g/mol. The molecule has 0 fully saturated rings. The maximum Gasteiger partial charge on any atom is 0.272 e. The number of nitrogens with one attached hydrogen (secondary N) is 3. The van der Waals surface area contributed by atoms with Gasteiger partial charge in [-0.3, -0.25) is 19.7 Å². The van der Waals surface area contributed by atoms with Crippen LogP contribution in [0.5, 0.6) is 11.5 Å². The summed E-state index contributed by atoms with van der Waals surface area (Å²) in [4.78, 5) is 40.2. The van der Waals surface area contributed by atoms with Crippen LogP contribution >= 0.6 is 23.1 Å². The van der Waals surface area contributed by atoms with Crippen LogP contribution in [0.25, 0.3) is 6.08 Å². The van der Waals surface area contributed by atoms with Gasteiger partial charge in [0.25, 0.3) is 11.8 Å². The number of carbonyl (C=O) groups is 3. The van der Waals surface area contributed by atoms with Gasteiger partial charge in [-0.25, -0.2) is 0 Å². The molecule has 3 amide bonds. The Bertz CT molecular complexity index is 1620. The highest BCUT2D eigenvalue weighted by molar-refractivity contribution is 8.00. The number of methoxy groups -OCH3 is 2. The summed E-state index contributed by atoms with van der Waals surface area (Å²) in [6, 6.07) is 21.0. The number of amides is 3. The van der Waals surface area contributed by atoms with Crippen LogP contribution in [0, 0.1) is 6.92 Å². The minimum atomic E-state index is -0.530. The van der Waals surface area contributed by atoms with Gasteiger partial charge in [0.05, 0.1) is 19.5 Å². The number of rotatable bonds is 12. The van der Waals surface area contributed by atoms with Gasteiger partial charge in [-0.2, -0.15) is 0 Å². The van der Waals surface area contributed by atoms with Crippen LogP contribution in [0.15, 0.2) is 83.4 Å². The molecule has 3 N–H and O–H groups in total. The average Bonchev–Trinajstić information content (AvgIpc) is 3.43. The third kappa shape index (κ3) is 8.66. The molecular weight excluding hydrogens is 587 g/mol. The van der Waals surface area contributed by atoms with Crippen molar-refractivity contribution >= 4 is 57.7 Å².